The first-order valence-corrected chi connectivity index (χ1v) is 6.38. The van der Waals surface area contributed by atoms with Crippen molar-refractivity contribution in [1.29, 1.82) is 0 Å². The van der Waals surface area contributed by atoms with Crippen LogP contribution in [0, 0.1) is 5.82 Å². The fraction of sp³-hybridized carbons (Fsp3) is 0.385. The molecular weight excluding hydrogens is 255 g/mol. The zero-order chi connectivity index (χ0) is 12.7. The topological polar surface area (TPSA) is 32.7 Å². The molecule has 18 heavy (non-hydrogen) atoms. The van der Waals surface area contributed by atoms with Crippen LogP contribution in [-0.4, -0.2) is 22.7 Å². The van der Waals surface area contributed by atoms with Gasteiger partial charge in [0.1, 0.15) is 5.82 Å². The Hall–Kier alpha value is -1.42. The molecule has 1 fully saturated rings. The smallest absolute Gasteiger partial charge is 0.249 e. The van der Waals surface area contributed by atoms with Crippen molar-refractivity contribution in [3.05, 3.63) is 34.6 Å². The molecule has 0 radical (unpaired) electrons. The molecule has 5 heteroatoms. The van der Waals surface area contributed by atoms with Crippen molar-refractivity contribution >= 4 is 23.2 Å². The van der Waals surface area contributed by atoms with Crippen LogP contribution in [0.3, 0.4) is 0 Å². The van der Waals surface area contributed by atoms with Gasteiger partial charge in [0.05, 0.1) is 28.8 Å². The predicted octanol–water partition coefficient (Wildman–Crippen LogP) is 2.97. The summed E-state index contributed by atoms with van der Waals surface area (Å²) in [5.41, 5.74) is 0.698. The number of amides is 1. The van der Waals surface area contributed by atoms with E-state index in [-0.39, 0.29) is 23.9 Å². The summed E-state index contributed by atoms with van der Waals surface area (Å²) in [4.78, 5) is 11.9. The van der Waals surface area contributed by atoms with E-state index in [4.69, 9.17) is 11.6 Å². The molecule has 0 N–H and O–H groups in total. The summed E-state index contributed by atoms with van der Waals surface area (Å²) in [5, 5.41) is 6.06. The van der Waals surface area contributed by atoms with Gasteiger partial charge in [0, 0.05) is 0 Å². The van der Waals surface area contributed by atoms with Crippen molar-refractivity contribution in [2.24, 2.45) is 5.10 Å². The van der Waals surface area contributed by atoms with Crippen LogP contribution in [0.2, 0.25) is 5.02 Å². The monoisotopic (exact) mass is 266 g/mol. The van der Waals surface area contributed by atoms with Crippen molar-refractivity contribution < 1.29 is 9.18 Å². The molecule has 1 aromatic carbocycles. The number of hydrazone groups is 1. The summed E-state index contributed by atoms with van der Waals surface area (Å²) in [6.45, 7) is 0. The number of benzene rings is 1. The molecule has 0 atom stereocenters. The van der Waals surface area contributed by atoms with Crippen LogP contribution in [0.15, 0.2) is 23.3 Å². The minimum absolute atomic E-state index is 0.0611. The second-order valence-electron chi connectivity index (χ2n) is 4.64. The maximum atomic E-state index is 13.8. The zero-order valence-electron chi connectivity index (χ0n) is 9.70. The average molecular weight is 267 g/mol. The molecule has 0 bridgehead atoms. The number of rotatable bonds is 2. The van der Waals surface area contributed by atoms with Gasteiger partial charge < -0.3 is 0 Å². The van der Waals surface area contributed by atoms with Gasteiger partial charge in [0.25, 0.3) is 0 Å². The number of halogens is 2. The molecule has 3 rings (SSSR count). The second kappa shape index (κ2) is 4.35. The molecule has 1 aromatic rings. The number of hydrogen-bond acceptors (Lipinski definition) is 2. The Kier molecular flexibility index (Phi) is 2.82. The van der Waals surface area contributed by atoms with E-state index in [2.05, 4.69) is 5.10 Å². The highest BCUT2D eigenvalue weighted by Gasteiger charge is 2.35. The van der Waals surface area contributed by atoms with E-state index in [1.54, 1.807) is 12.1 Å². The third-order valence-electron chi connectivity index (χ3n) is 3.47. The van der Waals surface area contributed by atoms with Crippen molar-refractivity contribution in [3.8, 4) is 0 Å². The van der Waals surface area contributed by atoms with E-state index >= 15 is 0 Å². The lowest BCUT2D eigenvalue weighted by molar-refractivity contribution is -0.132. The van der Waals surface area contributed by atoms with Gasteiger partial charge in [0.2, 0.25) is 5.91 Å². The van der Waals surface area contributed by atoms with Crippen LogP contribution in [0.5, 0.6) is 0 Å². The molecule has 3 nitrogen and oxygen atoms in total. The summed E-state index contributed by atoms with van der Waals surface area (Å²) < 4.78 is 13.8. The Morgan fingerprint density at radius 1 is 1.39 bits per heavy atom. The van der Waals surface area contributed by atoms with Crippen LogP contribution >= 0.6 is 11.6 Å². The minimum Gasteiger partial charge on any atom is -0.273 e. The van der Waals surface area contributed by atoms with Crippen LogP contribution < -0.4 is 0 Å². The lowest BCUT2D eigenvalue weighted by Crippen LogP contribution is -2.37. The Balaban J connectivity index is 1.95. The predicted molar refractivity (Wildman–Crippen MR) is 67.0 cm³/mol. The summed E-state index contributed by atoms with van der Waals surface area (Å²) in [5.74, 6) is -0.487. The molecule has 94 valence electrons. The van der Waals surface area contributed by atoms with Crippen molar-refractivity contribution in [3.63, 3.8) is 0 Å². The van der Waals surface area contributed by atoms with Gasteiger partial charge in [-0.3, -0.25) is 4.79 Å². The number of nitrogens with zero attached hydrogens (tertiary/aromatic N) is 2. The standard InChI is InChI=1S/C13H12ClFN2O/c14-9-5-2-6-10(15)13(9)11-7-12(18)17(16-11)8-3-1-4-8/h2,5-6,8H,1,3-4,7H2. The second-order valence-corrected chi connectivity index (χ2v) is 5.05. The van der Waals surface area contributed by atoms with Crippen LogP contribution in [0.1, 0.15) is 31.2 Å². The lowest BCUT2D eigenvalue weighted by Gasteiger charge is -2.31. The summed E-state index contributed by atoms with van der Waals surface area (Å²) in [7, 11) is 0. The molecule has 1 aliphatic carbocycles. The first-order valence-electron chi connectivity index (χ1n) is 6.01. The van der Waals surface area contributed by atoms with E-state index in [1.165, 1.54) is 11.1 Å². The third-order valence-corrected chi connectivity index (χ3v) is 3.79. The van der Waals surface area contributed by atoms with Crippen molar-refractivity contribution in [1.82, 2.24) is 5.01 Å². The van der Waals surface area contributed by atoms with Gasteiger partial charge in [-0.15, -0.1) is 0 Å². The van der Waals surface area contributed by atoms with E-state index in [0.29, 0.717) is 10.7 Å². The molecule has 0 unspecified atom stereocenters. The fourth-order valence-corrected chi connectivity index (χ4v) is 2.55. The highest BCUT2D eigenvalue weighted by Crippen LogP contribution is 2.31. The van der Waals surface area contributed by atoms with Crippen LogP contribution in [0.25, 0.3) is 0 Å². The van der Waals surface area contributed by atoms with Crippen LogP contribution in [-0.2, 0) is 4.79 Å². The van der Waals surface area contributed by atoms with Gasteiger partial charge in [-0.25, -0.2) is 9.40 Å². The number of hydrogen-bond donors (Lipinski definition) is 0. The zero-order valence-corrected chi connectivity index (χ0v) is 10.5. The van der Waals surface area contributed by atoms with Gasteiger partial charge in [-0.05, 0) is 31.4 Å². The summed E-state index contributed by atoms with van der Waals surface area (Å²) in [6, 6.07) is 4.68. The largest absolute Gasteiger partial charge is 0.273 e. The summed E-state index contributed by atoms with van der Waals surface area (Å²) >= 11 is 5.98. The maximum absolute atomic E-state index is 13.8. The summed E-state index contributed by atoms with van der Waals surface area (Å²) in [6.07, 6.45) is 3.22. The Morgan fingerprint density at radius 2 is 2.17 bits per heavy atom. The van der Waals surface area contributed by atoms with Gasteiger partial charge in [-0.2, -0.15) is 5.10 Å². The van der Waals surface area contributed by atoms with Gasteiger partial charge in [0.15, 0.2) is 0 Å². The van der Waals surface area contributed by atoms with E-state index < -0.39 is 5.82 Å². The molecule has 1 aliphatic heterocycles. The Bertz CT molecular complexity index is 520. The van der Waals surface area contributed by atoms with Crippen molar-refractivity contribution in [2.75, 3.05) is 0 Å². The highest BCUT2D eigenvalue weighted by atomic mass is 35.5. The SMILES string of the molecule is O=C1CC(c2c(F)cccc2Cl)=NN1C1CCC1. The third kappa shape index (κ3) is 1.81. The number of carbonyl (C=O) groups is 1. The first kappa shape index (κ1) is 11.7. The van der Waals surface area contributed by atoms with Crippen LogP contribution in [0.4, 0.5) is 4.39 Å². The normalized spacial score (nSPS) is 20.0. The molecule has 1 heterocycles. The highest BCUT2D eigenvalue weighted by molar-refractivity contribution is 6.35. The minimum atomic E-state index is -0.426. The van der Waals surface area contributed by atoms with Gasteiger partial charge in [-0.1, -0.05) is 17.7 Å². The maximum Gasteiger partial charge on any atom is 0.249 e. The Morgan fingerprint density at radius 3 is 2.78 bits per heavy atom. The van der Waals surface area contributed by atoms with E-state index in [0.717, 1.165) is 19.3 Å². The Labute approximate surface area is 109 Å². The van der Waals surface area contributed by atoms with Crippen molar-refractivity contribution in [2.45, 2.75) is 31.7 Å². The average Bonchev–Trinajstić information content (AvgIpc) is 2.58. The van der Waals surface area contributed by atoms with E-state index in [9.17, 15) is 9.18 Å². The van der Waals surface area contributed by atoms with Gasteiger partial charge >= 0.3 is 0 Å². The molecule has 2 aliphatic rings. The molecule has 0 aromatic heterocycles. The molecule has 0 saturated heterocycles. The molecular formula is C13H12ClFN2O. The van der Waals surface area contributed by atoms with E-state index in [1.807, 2.05) is 0 Å². The molecule has 1 saturated carbocycles. The molecule has 0 spiro atoms. The first-order chi connectivity index (χ1) is 8.66. The lowest BCUT2D eigenvalue weighted by atomic mass is 9.92. The number of carbonyl (C=O) groups excluding carboxylic acids is 1. The molecule has 1 amide bonds. The quantitative estimate of drug-likeness (QED) is 0.810. The fourth-order valence-electron chi connectivity index (χ4n) is 2.27.